The highest BCUT2D eigenvalue weighted by Gasteiger charge is 2.14. The van der Waals surface area contributed by atoms with Gasteiger partial charge in [0.2, 0.25) is 0 Å². The Morgan fingerprint density at radius 1 is 1.35 bits per heavy atom. The van der Waals surface area contributed by atoms with Gasteiger partial charge in [0.15, 0.2) is 0 Å². The van der Waals surface area contributed by atoms with Crippen LogP contribution in [0.1, 0.15) is 31.2 Å². The molecule has 0 heterocycles. The van der Waals surface area contributed by atoms with Crippen LogP contribution in [0.5, 0.6) is 0 Å². The summed E-state index contributed by atoms with van der Waals surface area (Å²) in [5.74, 6) is 0.225. The summed E-state index contributed by atoms with van der Waals surface area (Å²) < 4.78 is 0. The fourth-order valence-electron chi connectivity index (χ4n) is 1.86. The van der Waals surface area contributed by atoms with Gasteiger partial charge in [-0.25, -0.2) is 0 Å². The Bertz CT molecular complexity index is 529. The van der Waals surface area contributed by atoms with Crippen LogP contribution in [0.3, 0.4) is 0 Å². The zero-order chi connectivity index (χ0) is 12.3. The van der Waals surface area contributed by atoms with Crippen LogP contribution in [0.15, 0.2) is 23.2 Å². The number of benzene rings is 1. The Kier molecular flexibility index (Phi) is 3.55. The zero-order valence-electron chi connectivity index (χ0n) is 9.24. The van der Waals surface area contributed by atoms with Gasteiger partial charge in [-0.1, -0.05) is 11.6 Å². The van der Waals surface area contributed by atoms with E-state index in [1.807, 2.05) is 0 Å². The van der Waals surface area contributed by atoms with Crippen LogP contribution < -0.4 is 0 Å². The van der Waals surface area contributed by atoms with Crippen molar-refractivity contribution in [3.63, 3.8) is 0 Å². The van der Waals surface area contributed by atoms with Crippen LogP contribution in [0.4, 0.5) is 5.69 Å². The van der Waals surface area contributed by atoms with Crippen LogP contribution in [0, 0.1) is 11.3 Å². The van der Waals surface area contributed by atoms with Gasteiger partial charge in [-0.2, -0.15) is 5.26 Å². The molecular formula is C13H11ClN2O. The summed E-state index contributed by atoms with van der Waals surface area (Å²) in [6.45, 7) is 0. The minimum atomic E-state index is 0.225. The molecule has 0 atom stereocenters. The molecule has 86 valence electrons. The Labute approximate surface area is 105 Å². The lowest BCUT2D eigenvalue weighted by Crippen LogP contribution is -2.14. The molecule has 1 aliphatic carbocycles. The second-order valence-electron chi connectivity index (χ2n) is 4.02. The minimum Gasteiger partial charge on any atom is -0.299 e. The van der Waals surface area contributed by atoms with Crippen LogP contribution in [-0.2, 0) is 4.79 Å². The standard InChI is InChI=1S/C13H11ClN2O/c14-10-4-5-13(9(6-10)8-15)16-11-2-1-3-12(17)7-11/h4-6H,1-3,7H2. The Morgan fingerprint density at radius 2 is 2.18 bits per heavy atom. The number of aliphatic imine (C=N–C) groups is 1. The van der Waals surface area contributed by atoms with E-state index in [-0.39, 0.29) is 5.78 Å². The summed E-state index contributed by atoms with van der Waals surface area (Å²) in [6, 6.07) is 7.07. The summed E-state index contributed by atoms with van der Waals surface area (Å²) in [7, 11) is 0. The van der Waals surface area contributed by atoms with Gasteiger partial charge in [-0.15, -0.1) is 0 Å². The number of carbonyl (C=O) groups is 1. The van der Waals surface area contributed by atoms with E-state index >= 15 is 0 Å². The highest BCUT2D eigenvalue weighted by molar-refractivity contribution is 6.30. The van der Waals surface area contributed by atoms with Crippen LogP contribution in [0.25, 0.3) is 0 Å². The van der Waals surface area contributed by atoms with E-state index in [9.17, 15) is 4.79 Å². The lowest BCUT2D eigenvalue weighted by molar-refractivity contribution is -0.118. The number of rotatable bonds is 1. The van der Waals surface area contributed by atoms with Crippen molar-refractivity contribution >= 4 is 28.8 Å². The smallest absolute Gasteiger partial charge is 0.138 e. The molecule has 3 nitrogen and oxygen atoms in total. The first-order chi connectivity index (χ1) is 8.19. The predicted molar refractivity (Wildman–Crippen MR) is 66.7 cm³/mol. The van der Waals surface area contributed by atoms with Gasteiger partial charge < -0.3 is 0 Å². The van der Waals surface area contributed by atoms with Gasteiger partial charge >= 0.3 is 0 Å². The third kappa shape index (κ3) is 2.92. The van der Waals surface area contributed by atoms with E-state index in [4.69, 9.17) is 16.9 Å². The molecular weight excluding hydrogens is 236 g/mol. The number of Topliss-reactive ketones (excluding diaryl/α,β-unsaturated/α-hetero) is 1. The first-order valence-corrected chi connectivity index (χ1v) is 5.84. The van der Waals surface area contributed by atoms with E-state index in [0.29, 0.717) is 29.1 Å². The zero-order valence-corrected chi connectivity index (χ0v) is 10.00. The number of nitriles is 1. The van der Waals surface area contributed by atoms with Crippen LogP contribution >= 0.6 is 11.6 Å². The molecule has 0 N–H and O–H groups in total. The number of ketones is 1. The van der Waals surface area contributed by atoms with Crippen molar-refractivity contribution in [3.8, 4) is 6.07 Å². The van der Waals surface area contributed by atoms with E-state index in [0.717, 1.165) is 18.6 Å². The third-order valence-electron chi connectivity index (χ3n) is 2.68. The Morgan fingerprint density at radius 3 is 2.88 bits per heavy atom. The molecule has 0 spiro atoms. The highest BCUT2D eigenvalue weighted by Crippen LogP contribution is 2.24. The second kappa shape index (κ2) is 5.11. The molecule has 1 saturated carbocycles. The average Bonchev–Trinajstić information content (AvgIpc) is 2.31. The third-order valence-corrected chi connectivity index (χ3v) is 2.91. The second-order valence-corrected chi connectivity index (χ2v) is 4.46. The molecule has 4 heteroatoms. The maximum atomic E-state index is 11.3. The number of nitrogens with zero attached hydrogens (tertiary/aromatic N) is 2. The SMILES string of the molecule is N#Cc1cc(Cl)ccc1N=C1CCCC(=O)C1. The topological polar surface area (TPSA) is 53.2 Å². The lowest BCUT2D eigenvalue weighted by atomic mass is 9.97. The van der Waals surface area contributed by atoms with Crippen molar-refractivity contribution in [1.29, 1.82) is 5.26 Å². The van der Waals surface area contributed by atoms with E-state index < -0.39 is 0 Å². The molecule has 0 amide bonds. The predicted octanol–water partition coefficient (Wildman–Crippen LogP) is 3.43. The quantitative estimate of drug-likeness (QED) is 0.762. The molecule has 1 aromatic rings. The maximum absolute atomic E-state index is 11.3. The van der Waals surface area contributed by atoms with E-state index in [1.165, 1.54) is 0 Å². The van der Waals surface area contributed by atoms with Gasteiger partial charge in [0, 0.05) is 23.6 Å². The number of hydrogen-bond donors (Lipinski definition) is 0. The van der Waals surface area contributed by atoms with Crippen LogP contribution in [-0.4, -0.2) is 11.5 Å². The fourth-order valence-corrected chi connectivity index (χ4v) is 2.03. The first kappa shape index (κ1) is 11.8. The lowest BCUT2D eigenvalue weighted by Gasteiger charge is -2.11. The summed E-state index contributed by atoms with van der Waals surface area (Å²) in [6.07, 6.45) is 2.74. The Balaban J connectivity index is 2.32. The van der Waals surface area contributed by atoms with Crippen molar-refractivity contribution < 1.29 is 4.79 Å². The van der Waals surface area contributed by atoms with Gasteiger partial charge in [0.05, 0.1) is 11.3 Å². The summed E-state index contributed by atoms with van der Waals surface area (Å²) in [5, 5.41) is 9.50. The monoisotopic (exact) mass is 246 g/mol. The van der Waals surface area contributed by atoms with Crippen LogP contribution in [0.2, 0.25) is 5.02 Å². The molecule has 1 aliphatic rings. The summed E-state index contributed by atoms with van der Waals surface area (Å²) >= 11 is 5.81. The molecule has 1 aromatic carbocycles. The van der Waals surface area contributed by atoms with Gasteiger partial charge in [-0.3, -0.25) is 9.79 Å². The molecule has 1 fully saturated rings. The average molecular weight is 247 g/mol. The molecule has 0 unspecified atom stereocenters. The maximum Gasteiger partial charge on any atom is 0.138 e. The van der Waals surface area contributed by atoms with Crippen molar-refractivity contribution in [2.24, 2.45) is 4.99 Å². The van der Waals surface area contributed by atoms with Gasteiger partial charge in [-0.05, 0) is 31.0 Å². The first-order valence-electron chi connectivity index (χ1n) is 5.47. The fraction of sp³-hybridized carbons (Fsp3) is 0.308. The van der Waals surface area contributed by atoms with Crippen molar-refractivity contribution in [1.82, 2.24) is 0 Å². The molecule has 0 radical (unpaired) electrons. The van der Waals surface area contributed by atoms with Gasteiger partial charge in [0.25, 0.3) is 0 Å². The highest BCUT2D eigenvalue weighted by atomic mass is 35.5. The molecule has 0 aromatic heterocycles. The van der Waals surface area contributed by atoms with Crippen molar-refractivity contribution in [2.45, 2.75) is 25.7 Å². The molecule has 17 heavy (non-hydrogen) atoms. The largest absolute Gasteiger partial charge is 0.299 e. The van der Waals surface area contributed by atoms with E-state index in [2.05, 4.69) is 11.1 Å². The van der Waals surface area contributed by atoms with E-state index in [1.54, 1.807) is 18.2 Å². The summed E-state index contributed by atoms with van der Waals surface area (Å²) in [5.41, 5.74) is 1.91. The molecule has 2 rings (SSSR count). The van der Waals surface area contributed by atoms with Gasteiger partial charge in [0.1, 0.15) is 11.9 Å². The summed E-state index contributed by atoms with van der Waals surface area (Å²) in [4.78, 5) is 15.7. The number of halogens is 1. The molecule has 0 aliphatic heterocycles. The molecule has 0 saturated heterocycles. The normalized spacial score (nSPS) is 18.1. The Hall–Kier alpha value is -1.66. The van der Waals surface area contributed by atoms with Crippen molar-refractivity contribution in [3.05, 3.63) is 28.8 Å². The number of hydrogen-bond acceptors (Lipinski definition) is 3. The molecule has 0 bridgehead atoms. The number of carbonyl (C=O) groups excluding carboxylic acids is 1. The van der Waals surface area contributed by atoms with Crippen molar-refractivity contribution in [2.75, 3.05) is 0 Å². The minimum absolute atomic E-state index is 0.225.